The molecule has 0 radical (unpaired) electrons. The van der Waals surface area contributed by atoms with Crippen LogP contribution < -0.4 is 5.32 Å². The molecular weight excluding hydrogens is 360 g/mol. The molecule has 0 amide bonds. The molecule has 20 heavy (non-hydrogen) atoms. The van der Waals surface area contributed by atoms with Gasteiger partial charge in [0, 0.05) is 19.1 Å². The normalized spacial score (nSPS) is 21.2. The molecule has 0 aromatic carbocycles. The molecule has 0 bridgehead atoms. The van der Waals surface area contributed by atoms with Gasteiger partial charge < -0.3 is 5.32 Å². The van der Waals surface area contributed by atoms with Crippen LogP contribution >= 0.6 is 27.3 Å². The van der Waals surface area contributed by atoms with E-state index in [2.05, 4.69) is 28.2 Å². The minimum absolute atomic E-state index is 0.281. The van der Waals surface area contributed by atoms with Crippen molar-refractivity contribution in [1.82, 2.24) is 9.62 Å². The second kappa shape index (κ2) is 6.87. The van der Waals surface area contributed by atoms with Crippen molar-refractivity contribution < 1.29 is 8.42 Å². The Labute approximate surface area is 133 Å². The van der Waals surface area contributed by atoms with Crippen LogP contribution in [-0.2, 0) is 10.0 Å². The molecule has 1 aromatic heterocycles. The largest absolute Gasteiger partial charge is 0.313 e. The molecule has 1 atom stereocenters. The van der Waals surface area contributed by atoms with Gasteiger partial charge in [-0.1, -0.05) is 6.92 Å². The highest BCUT2D eigenvalue weighted by Crippen LogP contribution is 2.33. The van der Waals surface area contributed by atoms with Crippen LogP contribution in [0.5, 0.6) is 0 Å². The van der Waals surface area contributed by atoms with E-state index in [9.17, 15) is 8.42 Å². The summed E-state index contributed by atoms with van der Waals surface area (Å²) in [6, 6.07) is 2.04. The summed E-state index contributed by atoms with van der Waals surface area (Å²) in [5.74, 6) is 0. The molecule has 1 unspecified atom stereocenters. The first-order chi connectivity index (χ1) is 9.45. The third-order valence-corrected chi connectivity index (χ3v) is 7.95. The van der Waals surface area contributed by atoms with Gasteiger partial charge >= 0.3 is 0 Å². The highest BCUT2D eigenvalue weighted by atomic mass is 79.9. The lowest BCUT2D eigenvalue weighted by Gasteiger charge is -2.32. The topological polar surface area (TPSA) is 49.4 Å². The van der Waals surface area contributed by atoms with Crippen molar-refractivity contribution in [3.63, 3.8) is 0 Å². The van der Waals surface area contributed by atoms with E-state index in [1.807, 2.05) is 6.92 Å². The zero-order valence-corrected chi connectivity index (χ0v) is 15.1. The van der Waals surface area contributed by atoms with Gasteiger partial charge in [-0.25, -0.2) is 8.42 Å². The standard InChI is InChI=1S/C13H21BrN2O2S2/c1-3-6-15-11-5-4-7-16(9-11)20(17,18)12-8-10(2)13(14)19-12/h8,11,15H,3-7,9H2,1-2H3. The zero-order chi connectivity index (χ0) is 14.8. The van der Waals surface area contributed by atoms with E-state index in [0.29, 0.717) is 17.3 Å². The number of nitrogens with one attached hydrogen (secondary N) is 1. The highest BCUT2D eigenvalue weighted by molar-refractivity contribution is 9.11. The number of halogens is 1. The molecule has 0 aliphatic carbocycles. The molecule has 1 N–H and O–H groups in total. The Hall–Kier alpha value is 0.0500. The van der Waals surface area contributed by atoms with Crippen molar-refractivity contribution >= 4 is 37.3 Å². The average Bonchev–Trinajstić information content (AvgIpc) is 2.77. The Morgan fingerprint density at radius 3 is 2.90 bits per heavy atom. The van der Waals surface area contributed by atoms with Crippen LogP contribution in [0.25, 0.3) is 0 Å². The molecule has 114 valence electrons. The number of nitrogens with zero attached hydrogens (tertiary/aromatic N) is 1. The van der Waals surface area contributed by atoms with Gasteiger partial charge in [0.25, 0.3) is 10.0 Å². The third-order valence-electron chi connectivity index (χ3n) is 3.50. The van der Waals surface area contributed by atoms with E-state index in [1.165, 1.54) is 11.3 Å². The van der Waals surface area contributed by atoms with E-state index in [-0.39, 0.29) is 6.04 Å². The molecule has 1 aliphatic rings. The predicted octanol–water partition coefficient (Wildman–Crippen LogP) is 2.97. The lowest BCUT2D eigenvalue weighted by molar-refractivity contribution is 0.284. The van der Waals surface area contributed by atoms with Crippen LogP contribution in [-0.4, -0.2) is 38.4 Å². The average molecular weight is 381 g/mol. The van der Waals surface area contributed by atoms with Gasteiger partial charge in [0.15, 0.2) is 0 Å². The summed E-state index contributed by atoms with van der Waals surface area (Å²) in [7, 11) is -3.34. The minimum atomic E-state index is -3.34. The van der Waals surface area contributed by atoms with E-state index < -0.39 is 10.0 Å². The summed E-state index contributed by atoms with van der Waals surface area (Å²) in [4.78, 5) is 0. The zero-order valence-electron chi connectivity index (χ0n) is 11.9. The Balaban J connectivity index is 2.12. The fourth-order valence-corrected chi connectivity index (χ4v) is 6.27. The molecule has 0 saturated carbocycles. The number of rotatable bonds is 5. The molecule has 2 rings (SSSR count). The Kier molecular flexibility index (Phi) is 5.64. The van der Waals surface area contributed by atoms with E-state index in [4.69, 9.17) is 0 Å². The monoisotopic (exact) mass is 380 g/mol. The third kappa shape index (κ3) is 3.62. The van der Waals surface area contributed by atoms with E-state index in [0.717, 1.165) is 35.2 Å². The molecule has 1 fully saturated rings. The quantitative estimate of drug-likeness (QED) is 0.853. The van der Waals surface area contributed by atoms with Gasteiger partial charge in [0.2, 0.25) is 0 Å². The van der Waals surface area contributed by atoms with Crippen LogP contribution in [0.15, 0.2) is 14.1 Å². The van der Waals surface area contributed by atoms with Crippen molar-refractivity contribution in [2.24, 2.45) is 0 Å². The highest BCUT2D eigenvalue weighted by Gasteiger charge is 2.31. The van der Waals surface area contributed by atoms with Crippen LogP contribution in [0.1, 0.15) is 31.7 Å². The smallest absolute Gasteiger partial charge is 0.252 e. The van der Waals surface area contributed by atoms with Crippen molar-refractivity contribution in [2.45, 2.75) is 43.4 Å². The molecule has 7 heteroatoms. The second-order valence-electron chi connectivity index (χ2n) is 5.18. The first kappa shape index (κ1) is 16.4. The molecule has 2 heterocycles. The number of piperidine rings is 1. The lowest BCUT2D eigenvalue weighted by atomic mass is 10.1. The van der Waals surface area contributed by atoms with Crippen LogP contribution in [0.3, 0.4) is 0 Å². The van der Waals surface area contributed by atoms with Crippen molar-refractivity contribution in [3.05, 3.63) is 15.4 Å². The minimum Gasteiger partial charge on any atom is -0.313 e. The van der Waals surface area contributed by atoms with E-state index in [1.54, 1.807) is 10.4 Å². The van der Waals surface area contributed by atoms with Crippen molar-refractivity contribution in [2.75, 3.05) is 19.6 Å². The van der Waals surface area contributed by atoms with Crippen LogP contribution in [0.4, 0.5) is 0 Å². The van der Waals surface area contributed by atoms with E-state index >= 15 is 0 Å². The van der Waals surface area contributed by atoms with Crippen LogP contribution in [0.2, 0.25) is 0 Å². The van der Waals surface area contributed by atoms with Crippen molar-refractivity contribution in [1.29, 1.82) is 0 Å². The molecular formula is C13H21BrN2O2S2. The number of hydrogen-bond donors (Lipinski definition) is 1. The fraction of sp³-hybridized carbons (Fsp3) is 0.692. The summed E-state index contributed by atoms with van der Waals surface area (Å²) in [6.07, 6.45) is 3.05. The fourth-order valence-electron chi connectivity index (χ4n) is 2.36. The second-order valence-corrected chi connectivity index (χ2v) is 9.71. The summed E-state index contributed by atoms with van der Waals surface area (Å²) in [5.41, 5.74) is 0.978. The SMILES string of the molecule is CCCNC1CCCN(S(=O)(=O)c2cc(C)c(Br)s2)C1. The molecule has 0 spiro atoms. The molecule has 1 aromatic rings. The van der Waals surface area contributed by atoms with Gasteiger partial charge in [-0.15, -0.1) is 11.3 Å². The Bertz CT molecular complexity index is 537. The summed E-state index contributed by atoms with van der Waals surface area (Å²) in [6.45, 7) is 6.19. The first-order valence-corrected chi connectivity index (χ1v) is 9.99. The Morgan fingerprint density at radius 2 is 2.30 bits per heavy atom. The number of aryl methyl sites for hydroxylation is 1. The van der Waals surface area contributed by atoms with Gasteiger partial charge in [0.05, 0.1) is 3.79 Å². The summed E-state index contributed by atoms with van der Waals surface area (Å²) < 4.78 is 28.3. The predicted molar refractivity (Wildman–Crippen MR) is 86.8 cm³/mol. The van der Waals surface area contributed by atoms with Gasteiger partial charge in [-0.3, -0.25) is 0 Å². The molecule has 4 nitrogen and oxygen atoms in total. The van der Waals surface area contributed by atoms with Gasteiger partial charge in [-0.05, 0) is 60.3 Å². The maximum atomic E-state index is 12.7. The number of thiophene rings is 1. The Morgan fingerprint density at radius 1 is 1.55 bits per heavy atom. The maximum Gasteiger partial charge on any atom is 0.252 e. The summed E-state index contributed by atoms with van der Waals surface area (Å²) >= 11 is 4.70. The summed E-state index contributed by atoms with van der Waals surface area (Å²) in [5, 5.41) is 3.43. The maximum absolute atomic E-state index is 12.7. The van der Waals surface area contributed by atoms with Crippen molar-refractivity contribution in [3.8, 4) is 0 Å². The molecule has 1 saturated heterocycles. The van der Waals surface area contributed by atoms with Crippen LogP contribution in [0, 0.1) is 6.92 Å². The van der Waals surface area contributed by atoms with Gasteiger partial charge in [0.1, 0.15) is 4.21 Å². The van der Waals surface area contributed by atoms with Gasteiger partial charge in [-0.2, -0.15) is 4.31 Å². The molecule has 1 aliphatic heterocycles. The first-order valence-electron chi connectivity index (χ1n) is 6.94. The number of hydrogen-bond acceptors (Lipinski definition) is 4. The number of sulfonamides is 1. The lowest BCUT2D eigenvalue weighted by Crippen LogP contribution is -2.47.